The highest BCUT2D eigenvalue weighted by atomic mass is 35.5. The van der Waals surface area contributed by atoms with E-state index in [0.29, 0.717) is 5.69 Å². The summed E-state index contributed by atoms with van der Waals surface area (Å²) in [4.78, 5) is 11.9. The first-order valence-electron chi connectivity index (χ1n) is 7.53. The smallest absolute Gasteiger partial charge is 0.263 e. The van der Waals surface area contributed by atoms with Gasteiger partial charge in [0.05, 0.1) is 10.7 Å². The van der Waals surface area contributed by atoms with Gasteiger partial charge in [-0.1, -0.05) is 29.8 Å². The van der Waals surface area contributed by atoms with E-state index in [9.17, 15) is 13.2 Å². The minimum Gasteiger partial charge on any atom is -0.349 e. The minimum atomic E-state index is -3.94. The molecule has 132 valence electrons. The second kappa shape index (κ2) is 7.72. The number of benzene rings is 2. The third kappa shape index (κ3) is 4.61. The highest BCUT2D eigenvalue weighted by molar-refractivity contribution is 7.92. The zero-order valence-corrected chi connectivity index (χ0v) is 15.5. The summed E-state index contributed by atoms with van der Waals surface area (Å²) in [6, 6.07) is 9.58. The van der Waals surface area contributed by atoms with Crippen LogP contribution in [0.4, 0.5) is 5.69 Å². The fourth-order valence-corrected chi connectivity index (χ4v) is 3.81. The Balaban J connectivity index is 2.40. The van der Waals surface area contributed by atoms with E-state index >= 15 is 0 Å². The van der Waals surface area contributed by atoms with Crippen molar-refractivity contribution in [2.24, 2.45) is 0 Å². The molecule has 2 N–H and O–H groups in total. The predicted octanol–water partition coefficient (Wildman–Crippen LogP) is 3.67. The first-order chi connectivity index (χ1) is 11.7. The Hall–Kier alpha value is -2.31. The van der Waals surface area contributed by atoms with Crippen molar-refractivity contribution in [1.29, 1.82) is 0 Å². The Labute approximate surface area is 152 Å². The lowest BCUT2D eigenvalue weighted by Gasteiger charge is -2.13. The molecule has 0 unspecified atom stereocenters. The van der Waals surface area contributed by atoms with Crippen LogP contribution in [0.1, 0.15) is 21.5 Å². The minimum absolute atomic E-state index is 0.0399. The van der Waals surface area contributed by atoms with Crippen LogP contribution < -0.4 is 10.0 Å². The van der Waals surface area contributed by atoms with E-state index in [1.807, 2.05) is 19.1 Å². The van der Waals surface area contributed by atoms with Gasteiger partial charge in [-0.2, -0.15) is 0 Å². The molecular weight excluding hydrogens is 360 g/mol. The molecule has 25 heavy (non-hydrogen) atoms. The number of sulfonamides is 1. The van der Waals surface area contributed by atoms with E-state index in [4.69, 9.17) is 11.6 Å². The highest BCUT2D eigenvalue weighted by Gasteiger charge is 2.21. The lowest BCUT2D eigenvalue weighted by atomic mass is 10.1. The van der Waals surface area contributed by atoms with Crippen LogP contribution in [0.25, 0.3) is 0 Å². The number of rotatable bonds is 6. The molecule has 1 amide bonds. The van der Waals surface area contributed by atoms with Crippen LogP contribution in [-0.4, -0.2) is 20.9 Å². The molecule has 0 heterocycles. The molecule has 5 nitrogen and oxygen atoms in total. The molecule has 0 fully saturated rings. The molecule has 0 aliphatic rings. The molecule has 2 aromatic rings. The van der Waals surface area contributed by atoms with Gasteiger partial charge in [-0.3, -0.25) is 9.52 Å². The Morgan fingerprint density at radius 3 is 2.60 bits per heavy atom. The van der Waals surface area contributed by atoms with Crippen LogP contribution in [0.2, 0.25) is 5.02 Å². The lowest BCUT2D eigenvalue weighted by Crippen LogP contribution is -2.24. The summed E-state index contributed by atoms with van der Waals surface area (Å²) < 4.78 is 28.0. The van der Waals surface area contributed by atoms with Gasteiger partial charge in [0.25, 0.3) is 15.9 Å². The summed E-state index contributed by atoms with van der Waals surface area (Å²) in [5.74, 6) is -0.403. The third-order valence-electron chi connectivity index (χ3n) is 3.53. The SMILES string of the molecule is C=CCNC(=O)c1ccc(Cl)c(S(=O)(=O)Nc2cc(C)ccc2C)c1. The monoisotopic (exact) mass is 378 g/mol. The molecule has 0 saturated heterocycles. The molecule has 7 heteroatoms. The van der Waals surface area contributed by atoms with Crippen molar-refractivity contribution in [3.05, 3.63) is 70.8 Å². The second-order valence-corrected chi connectivity index (χ2v) is 7.63. The molecule has 2 aromatic carbocycles. The van der Waals surface area contributed by atoms with Crippen molar-refractivity contribution in [1.82, 2.24) is 5.32 Å². The molecule has 0 atom stereocenters. The molecule has 0 radical (unpaired) electrons. The van der Waals surface area contributed by atoms with E-state index in [-0.39, 0.29) is 22.0 Å². The van der Waals surface area contributed by atoms with Crippen molar-refractivity contribution < 1.29 is 13.2 Å². The van der Waals surface area contributed by atoms with Gasteiger partial charge in [0.1, 0.15) is 4.90 Å². The van der Waals surface area contributed by atoms with Crippen LogP contribution in [0.3, 0.4) is 0 Å². The zero-order chi connectivity index (χ0) is 18.6. The summed E-state index contributed by atoms with van der Waals surface area (Å²) in [6.07, 6.45) is 1.54. The molecule has 0 aliphatic heterocycles. The Bertz CT molecular complexity index is 924. The number of hydrogen-bond donors (Lipinski definition) is 2. The number of aryl methyl sites for hydroxylation is 2. The Kier molecular flexibility index (Phi) is 5.87. The quantitative estimate of drug-likeness (QED) is 0.753. The van der Waals surface area contributed by atoms with Gasteiger partial charge in [-0.05, 0) is 49.2 Å². The number of hydrogen-bond acceptors (Lipinski definition) is 3. The maximum Gasteiger partial charge on any atom is 0.263 e. The van der Waals surface area contributed by atoms with Crippen LogP contribution in [-0.2, 0) is 10.0 Å². The maximum absolute atomic E-state index is 12.7. The van der Waals surface area contributed by atoms with E-state index in [0.717, 1.165) is 11.1 Å². The molecule has 0 aliphatic carbocycles. The first-order valence-corrected chi connectivity index (χ1v) is 9.39. The first kappa shape index (κ1) is 19.0. The van der Waals surface area contributed by atoms with Gasteiger partial charge >= 0.3 is 0 Å². The summed E-state index contributed by atoms with van der Waals surface area (Å²) in [7, 11) is -3.94. The fraction of sp³-hybridized carbons (Fsp3) is 0.167. The standard InChI is InChI=1S/C18H19ClN2O3S/c1-4-9-20-18(22)14-7-8-15(19)17(11-14)25(23,24)21-16-10-12(2)5-6-13(16)3/h4-8,10-11,21H,1,9H2,2-3H3,(H,20,22). The summed E-state index contributed by atoms with van der Waals surface area (Å²) in [6.45, 7) is 7.47. The summed E-state index contributed by atoms with van der Waals surface area (Å²) >= 11 is 6.06. The summed E-state index contributed by atoms with van der Waals surface area (Å²) in [5, 5.41) is 2.64. The zero-order valence-electron chi connectivity index (χ0n) is 14.0. The van der Waals surface area contributed by atoms with E-state index in [1.54, 1.807) is 13.0 Å². The van der Waals surface area contributed by atoms with E-state index < -0.39 is 15.9 Å². The Morgan fingerprint density at radius 2 is 1.92 bits per heavy atom. The fourth-order valence-electron chi connectivity index (χ4n) is 2.16. The Morgan fingerprint density at radius 1 is 1.20 bits per heavy atom. The average Bonchev–Trinajstić information content (AvgIpc) is 2.56. The van der Waals surface area contributed by atoms with Crippen molar-refractivity contribution in [3.63, 3.8) is 0 Å². The lowest BCUT2D eigenvalue weighted by molar-refractivity contribution is 0.0958. The van der Waals surface area contributed by atoms with Crippen LogP contribution in [0, 0.1) is 13.8 Å². The van der Waals surface area contributed by atoms with Gasteiger partial charge in [0.15, 0.2) is 0 Å². The van der Waals surface area contributed by atoms with Gasteiger partial charge < -0.3 is 5.32 Å². The molecule has 0 aromatic heterocycles. The third-order valence-corrected chi connectivity index (χ3v) is 5.37. The number of halogens is 1. The van der Waals surface area contributed by atoms with Crippen LogP contribution in [0.15, 0.2) is 53.9 Å². The second-order valence-electron chi connectivity index (χ2n) is 5.57. The number of amides is 1. The maximum atomic E-state index is 12.7. The number of anilines is 1. The number of carbonyl (C=O) groups is 1. The molecule has 0 bridgehead atoms. The topological polar surface area (TPSA) is 75.3 Å². The highest BCUT2D eigenvalue weighted by Crippen LogP contribution is 2.26. The van der Waals surface area contributed by atoms with E-state index in [2.05, 4.69) is 16.6 Å². The van der Waals surface area contributed by atoms with Crippen molar-refractivity contribution in [3.8, 4) is 0 Å². The van der Waals surface area contributed by atoms with Gasteiger partial charge in [-0.15, -0.1) is 6.58 Å². The van der Waals surface area contributed by atoms with Crippen molar-refractivity contribution in [2.75, 3.05) is 11.3 Å². The summed E-state index contributed by atoms with van der Waals surface area (Å²) in [5.41, 5.74) is 2.38. The van der Waals surface area contributed by atoms with Crippen molar-refractivity contribution >= 4 is 33.2 Å². The molecule has 0 saturated carbocycles. The van der Waals surface area contributed by atoms with Crippen molar-refractivity contribution in [2.45, 2.75) is 18.7 Å². The molecule has 2 rings (SSSR count). The van der Waals surface area contributed by atoms with Crippen LogP contribution >= 0.6 is 11.6 Å². The van der Waals surface area contributed by atoms with Gasteiger partial charge in [-0.25, -0.2) is 8.42 Å². The average molecular weight is 379 g/mol. The largest absolute Gasteiger partial charge is 0.349 e. The van der Waals surface area contributed by atoms with Gasteiger partial charge in [0, 0.05) is 12.1 Å². The van der Waals surface area contributed by atoms with Gasteiger partial charge in [0.2, 0.25) is 0 Å². The predicted molar refractivity (Wildman–Crippen MR) is 101 cm³/mol. The molecular formula is C18H19ClN2O3S. The normalized spacial score (nSPS) is 11.0. The van der Waals surface area contributed by atoms with E-state index in [1.165, 1.54) is 24.3 Å². The van der Waals surface area contributed by atoms with Crippen LogP contribution in [0.5, 0.6) is 0 Å². The molecule has 0 spiro atoms. The number of carbonyl (C=O) groups excluding carboxylic acids is 1. The number of nitrogens with one attached hydrogen (secondary N) is 2.